The van der Waals surface area contributed by atoms with Crippen molar-refractivity contribution in [2.45, 2.75) is 44.6 Å². The summed E-state index contributed by atoms with van der Waals surface area (Å²) < 4.78 is 0. The predicted molar refractivity (Wildman–Crippen MR) is 75.8 cm³/mol. The van der Waals surface area contributed by atoms with E-state index in [4.69, 9.17) is 0 Å². The maximum absolute atomic E-state index is 12.1. The van der Waals surface area contributed by atoms with E-state index in [-0.39, 0.29) is 17.9 Å². The normalized spacial score (nSPS) is 17.8. The minimum Gasteiger partial charge on any atom is -0.393 e. The van der Waals surface area contributed by atoms with Gasteiger partial charge in [0.25, 0.3) is 0 Å². The van der Waals surface area contributed by atoms with E-state index in [0.29, 0.717) is 18.9 Å². The Balaban J connectivity index is 1.80. The van der Waals surface area contributed by atoms with E-state index in [9.17, 15) is 9.90 Å². The van der Waals surface area contributed by atoms with Crippen LogP contribution in [0.2, 0.25) is 0 Å². The van der Waals surface area contributed by atoms with E-state index in [1.807, 2.05) is 37.3 Å². The van der Waals surface area contributed by atoms with Crippen molar-refractivity contribution in [3.05, 3.63) is 35.9 Å². The lowest BCUT2D eigenvalue weighted by atomic mass is 9.95. The highest BCUT2D eigenvalue weighted by atomic mass is 16.3. The molecule has 3 nitrogen and oxygen atoms in total. The molecule has 0 bridgehead atoms. The molecule has 3 heteroatoms. The lowest BCUT2D eigenvalue weighted by Gasteiger charge is -2.16. The van der Waals surface area contributed by atoms with Crippen molar-refractivity contribution in [3.8, 4) is 0 Å². The Labute approximate surface area is 115 Å². The molecule has 1 aliphatic rings. The Hall–Kier alpha value is -1.35. The molecular weight excluding hydrogens is 238 g/mol. The van der Waals surface area contributed by atoms with Gasteiger partial charge in [-0.25, -0.2) is 0 Å². The van der Waals surface area contributed by atoms with Crippen molar-refractivity contribution in [2.75, 3.05) is 6.54 Å². The van der Waals surface area contributed by atoms with E-state index < -0.39 is 0 Å². The van der Waals surface area contributed by atoms with Gasteiger partial charge in [-0.05, 0) is 37.2 Å². The van der Waals surface area contributed by atoms with Crippen molar-refractivity contribution in [1.29, 1.82) is 0 Å². The van der Waals surface area contributed by atoms with E-state index in [0.717, 1.165) is 24.8 Å². The van der Waals surface area contributed by atoms with Gasteiger partial charge in [-0.1, -0.05) is 37.3 Å². The zero-order valence-corrected chi connectivity index (χ0v) is 11.5. The van der Waals surface area contributed by atoms with E-state index in [1.54, 1.807) is 0 Å². The third kappa shape index (κ3) is 4.06. The fourth-order valence-electron chi connectivity index (χ4n) is 2.44. The molecule has 0 heterocycles. The maximum Gasteiger partial charge on any atom is 0.227 e. The van der Waals surface area contributed by atoms with Crippen molar-refractivity contribution in [3.63, 3.8) is 0 Å². The molecule has 0 spiro atoms. The van der Waals surface area contributed by atoms with Gasteiger partial charge in [-0.3, -0.25) is 4.79 Å². The highest BCUT2D eigenvalue weighted by molar-refractivity contribution is 5.83. The fraction of sp³-hybridized carbons (Fsp3) is 0.562. The van der Waals surface area contributed by atoms with Crippen LogP contribution in [-0.2, 0) is 4.79 Å². The minimum absolute atomic E-state index is 0.0664. The molecule has 1 aliphatic carbocycles. The lowest BCUT2D eigenvalue weighted by Crippen LogP contribution is -2.31. The number of carbonyl (C=O) groups excluding carboxylic acids is 1. The van der Waals surface area contributed by atoms with Gasteiger partial charge in [-0.2, -0.15) is 0 Å². The van der Waals surface area contributed by atoms with Crippen LogP contribution < -0.4 is 5.32 Å². The number of amides is 1. The Morgan fingerprint density at radius 3 is 2.63 bits per heavy atom. The standard InChI is InChI=1S/C16H23NO2/c1-2-14(12-6-4-3-5-7-12)16(19)17-11-10-15(18)13-8-9-13/h3-7,13-15,18H,2,8-11H2,1H3,(H,17,19). The molecule has 1 fully saturated rings. The quantitative estimate of drug-likeness (QED) is 0.792. The topological polar surface area (TPSA) is 49.3 Å². The van der Waals surface area contributed by atoms with Crippen molar-refractivity contribution in [1.82, 2.24) is 5.32 Å². The first kappa shape index (κ1) is 14.1. The molecule has 2 atom stereocenters. The van der Waals surface area contributed by atoms with Crippen LogP contribution in [0, 0.1) is 5.92 Å². The van der Waals surface area contributed by atoms with Crippen molar-refractivity contribution < 1.29 is 9.90 Å². The molecule has 1 aromatic carbocycles. The maximum atomic E-state index is 12.1. The summed E-state index contributed by atoms with van der Waals surface area (Å²) in [5, 5.41) is 12.7. The molecule has 0 aromatic heterocycles. The summed E-state index contributed by atoms with van der Waals surface area (Å²) >= 11 is 0. The molecule has 2 rings (SSSR count). The molecule has 0 aliphatic heterocycles. The first-order chi connectivity index (χ1) is 9.22. The van der Waals surface area contributed by atoms with E-state index in [1.165, 1.54) is 0 Å². The second-order valence-electron chi connectivity index (χ2n) is 5.36. The molecule has 19 heavy (non-hydrogen) atoms. The average molecular weight is 261 g/mol. The molecule has 1 saturated carbocycles. The number of rotatable bonds is 7. The van der Waals surface area contributed by atoms with Crippen LogP contribution >= 0.6 is 0 Å². The smallest absolute Gasteiger partial charge is 0.227 e. The molecule has 1 amide bonds. The highest BCUT2D eigenvalue weighted by Crippen LogP contribution is 2.33. The molecular formula is C16H23NO2. The number of hydrogen-bond donors (Lipinski definition) is 2. The molecule has 1 aromatic rings. The van der Waals surface area contributed by atoms with E-state index in [2.05, 4.69) is 5.32 Å². The summed E-state index contributed by atoms with van der Waals surface area (Å²) in [6.07, 6.45) is 3.49. The van der Waals surface area contributed by atoms with Gasteiger partial charge < -0.3 is 10.4 Å². The number of nitrogens with one attached hydrogen (secondary N) is 1. The number of aliphatic hydroxyl groups excluding tert-OH is 1. The van der Waals surface area contributed by atoms with Crippen LogP contribution in [0.5, 0.6) is 0 Å². The Morgan fingerprint density at radius 2 is 2.05 bits per heavy atom. The van der Waals surface area contributed by atoms with Crippen LogP contribution in [0.25, 0.3) is 0 Å². The zero-order valence-electron chi connectivity index (χ0n) is 11.5. The SMILES string of the molecule is CCC(C(=O)NCCC(O)C1CC1)c1ccccc1. The number of carbonyl (C=O) groups is 1. The largest absolute Gasteiger partial charge is 0.393 e. The summed E-state index contributed by atoms with van der Waals surface area (Å²) in [7, 11) is 0. The summed E-state index contributed by atoms with van der Waals surface area (Å²) in [5.74, 6) is 0.462. The molecule has 104 valence electrons. The van der Waals surface area contributed by atoms with Crippen LogP contribution in [0.1, 0.15) is 44.1 Å². The van der Waals surface area contributed by atoms with Crippen molar-refractivity contribution >= 4 is 5.91 Å². The fourth-order valence-corrected chi connectivity index (χ4v) is 2.44. The van der Waals surface area contributed by atoms with Gasteiger partial charge in [0.15, 0.2) is 0 Å². The number of aliphatic hydroxyl groups is 1. The Bertz CT molecular complexity index is 400. The number of benzene rings is 1. The lowest BCUT2D eigenvalue weighted by molar-refractivity contribution is -0.122. The van der Waals surface area contributed by atoms with Gasteiger partial charge in [0.1, 0.15) is 0 Å². The summed E-state index contributed by atoms with van der Waals surface area (Å²) in [4.78, 5) is 12.1. The second kappa shape index (κ2) is 6.71. The molecule has 0 radical (unpaired) electrons. The third-order valence-corrected chi connectivity index (χ3v) is 3.83. The molecule has 2 unspecified atom stereocenters. The summed E-state index contributed by atoms with van der Waals surface area (Å²) in [6, 6.07) is 9.87. The van der Waals surface area contributed by atoms with Gasteiger partial charge >= 0.3 is 0 Å². The highest BCUT2D eigenvalue weighted by Gasteiger charge is 2.29. The molecule has 2 N–H and O–H groups in total. The predicted octanol–water partition coefficient (Wildman–Crippen LogP) is 2.46. The van der Waals surface area contributed by atoms with Gasteiger partial charge in [0.05, 0.1) is 12.0 Å². The summed E-state index contributed by atoms with van der Waals surface area (Å²) in [6.45, 7) is 2.59. The first-order valence-electron chi connectivity index (χ1n) is 7.23. The van der Waals surface area contributed by atoms with Gasteiger partial charge in [-0.15, -0.1) is 0 Å². The Morgan fingerprint density at radius 1 is 1.37 bits per heavy atom. The van der Waals surface area contributed by atoms with Crippen LogP contribution in [0.3, 0.4) is 0 Å². The van der Waals surface area contributed by atoms with E-state index >= 15 is 0 Å². The first-order valence-corrected chi connectivity index (χ1v) is 7.23. The minimum atomic E-state index is -0.239. The number of hydrogen-bond acceptors (Lipinski definition) is 2. The van der Waals surface area contributed by atoms with Crippen molar-refractivity contribution in [2.24, 2.45) is 5.92 Å². The van der Waals surface area contributed by atoms with Crippen LogP contribution in [-0.4, -0.2) is 23.7 Å². The van der Waals surface area contributed by atoms with Crippen LogP contribution in [0.15, 0.2) is 30.3 Å². The average Bonchev–Trinajstić information content (AvgIpc) is 3.25. The molecule has 0 saturated heterocycles. The summed E-state index contributed by atoms with van der Waals surface area (Å²) in [5.41, 5.74) is 1.06. The Kier molecular flexibility index (Phi) is 4.97. The monoisotopic (exact) mass is 261 g/mol. The third-order valence-electron chi connectivity index (χ3n) is 3.83. The second-order valence-corrected chi connectivity index (χ2v) is 5.36. The van der Waals surface area contributed by atoms with Gasteiger partial charge in [0, 0.05) is 6.54 Å². The van der Waals surface area contributed by atoms with Gasteiger partial charge in [0.2, 0.25) is 5.91 Å². The van der Waals surface area contributed by atoms with Crippen LogP contribution in [0.4, 0.5) is 0 Å². The zero-order chi connectivity index (χ0) is 13.7.